The summed E-state index contributed by atoms with van der Waals surface area (Å²) in [7, 11) is 0. The molecule has 5 nitrogen and oxygen atoms in total. The largest absolute Gasteiger partial charge is 0.489 e. The number of hydrogen-bond acceptors (Lipinski definition) is 4. The third kappa shape index (κ3) is 6.34. The summed E-state index contributed by atoms with van der Waals surface area (Å²) in [6.45, 7) is 5.94. The Bertz CT molecular complexity index is 1160. The number of nitrogens with two attached hydrogens (primary N) is 1. The molecule has 0 aliphatic carbocycles. The third-order valence-electron chi connectivity index (χ3n) is 6.02. The normalized spacial score (nSPS) is 11.0. The minimum atomic E-state index is 0.564. The van der Waals surface area contributed by atoms with E-state index in [9.17, 15) is 0 Å². The zero-order valence-electron chi connectivity index (χ0n) is 19.9. The van der Waals surface area contributed by atoms with Gasteiger partial charge in [-0.25, -0.2) is 0 Å². The summed E-state index contributed by atoms with van der Waals surface area (Å²) < 4.78 is 8.43. The molecule has 4 aromatic rings. The Hall–Kier alpha value is -3.41. The van der Waals surface area contributed by atoms with Crippen molar-refractivity contribution in [2.24, 2.45) is 5.73 Å². The molecule has 5 heteroatoms. The van der Waals surface area contributed by atoms with E-state index < -0.39 is 0 Å². The lowest BCUT2D eigenvalue weighted by Crippen LogP contribution is -2.17. The molecule has 0 atom stereocenters. The summed E-state index contributed by atoms with van der Waals surface area (Å²) in [4.78, 5) is 4.37. The van der Waals surface area contributed by atoms with Crippen LogP contribution in [0.2, 0.25) is 0 Å². The lowest BCUT2D eigenvalue weighted by Gasteiger charge is -2.11. The second-order valence-corrected chi connectivity index (χ2v) is 8.48. The van der Waals surface area contributed by atoms with Crippen LogP contribution in [0.25, 0.3) is 11.1 Å². The quantitative estimate of drug-likeness (QED) is 0.292. The predicted octanol–water partition coefficient (Wildman–Crippen LogP) is 5.12. The lowest BCUT2D eigenvalue weighted by molar-refractivity contribution is 0.306. The van der Waals surface area contributed by atoms with Crippen molar-refractivity contribution in [3.63, 3.8) is 0 Å². The van der Waals surface area contributed by atoms with Gasteiger partial charge in [-0.1, -0.05) is 48.5 Å². The summed E-state index contributed by atoms with van der Waals surface area (Å²) in [5, 5.41) is 3.50. The van der Waals surface area contributed by atoms with Crippen LogP contribution in [-0.4, -0.2) is 22.6 Å². The van der Waals surface area contributed by atoms with Crippen molar-refractivity contribution in [3.8, 4) is 16.9 Å². The molecule has 4 rings (SSSR count). The van der Waals surface area contributed by atoms with Gasteiger partial charge in [-0.15, -0.1) is 0 Å². The average molecular weight is 455 g/mol. The molecule has 2 heterocycles. The van der Waals surface area contributed by atoms with Crippen molar-refractivity contribution in [3.05, 3.63) is 108 Å². The fourth-order valence-electron chi connectivity index (χ4n) is 4.26. The molecule has 0 saturated heterocycles. The van der Waals surface area contributed by atoms with Gasteiger partial charge < -0.3 is 20.4 Å². The van der Waals surface area contributed by atoms with Crippen molar-refractivity contribution in [1.82, 2.24) is 14.9 Å². The summed E-state index contributed by atoms with van der Waals surface area (Å²) in [6.07, 6.45) is 3.89. The van der Waals surface area contributed by atoms with Crippen LogP contribution in [0.1, 0.15) is 29.1 Å². The van der Waals surface area contributed by atoms with Gasteiger partial charge in [-0.3, -0.25) is 4.98 Å². The van der Waals surface area contributed by atoms with Gasteiger partial charge in [0.2, 0.25) is 0 Å². The van der Waals surface area contributed by atoms with Crippen LogP contribution in [0.15, 0.2) is 85.1 Å². The average Bonchev–Trinajstić information content (AvgIpc) is 3.19. The molecule has 176 valence electrons. The predicted molar refractivity (Wildman–Crippen MR) is 139 cm³/mol. The van der Waals surface area contributed by atoms with E-state index in [1.807, 2.05) is 48.7 Å². The highest BCUT2D eigenvalue weighted by atomic mass is 16.5. The van der Waals surface area contributed by atoms with E-state index >= 15 is 0 Å². The molecule has 2 aromatic heterocycles. The minimum Gasteiger partial charge on any atom is -0.489 e. The standard InChI is InChI=1S/C29H34N4O/c1-23-29(25-11-7-14-28(19-25)34-22-24-9-3-2-4-10-24)20-27(33(23)18-15-30)13-8-16-31-21-26-12-5-6-17-32-26/h2-7,9-12,14,17,19-20,31H,8,13,15-16,18,21-22,30H2,1H3. The smallest absolute Gasteiger partial charge is 0.120 e. The Morgan fingerprint density at radius 2 is 1.82 bits per heavy atom. The molecule has 0 spiro atoms. The van der Waals surface area contributed by atoms with E-state index in [4.69, 9.17) is 10.5 Å². The maximum Gasteiger partial charge on any atom is 0.120 e. The van der Waals surface area contributed by atoms with Crippen LogP contribution in [0.5, 0.6) is 5.75 Å². The van der Waals surface area contributed by atoms with Crippen LogP contribution in [-0.2, 0) is 26.1 Å². The van der Waals surface area contributed by atoms with Gasteiger partial charge >= 0.3 is 0 Å². The maximum absolute atomic E-state index is 6.07. The Balaban J connectivity index is 1.41. The fourth-order valence-corrected chi connectivity index (χ4v) is 4.26. The van der Waals surface area contributed by atoms with Crippen LogP contribution in [0, 0.1) is 6.92 Å². The number of nitrogens with zero attached hydrogens (tertiary/aromatic N) is 2. The second kappa shape index (κ2) is 12.2. The zero-order valence-corrected chi connectivity index (χ0v) is 19.9. The molecule has 0 aliphatic heterocycles. The summed E-state index contributed by atoms with van der Waals surface area (Å²) in [5.74, 6) is 0.882. The fraction of sp³-hybridized carbons (Fsp3) is 0.276. The number of nitrogens with one attached hydrogen (secondary N) is 1. The van der Waals surface area contributed by atoms with Crippen molar-refractivity contribution in [2.75, 3.05) is 13.1 Å². The van der Waals surface area contributed by atoms with E-state index in [0.717, 1.165) is 49.5 Å². The molecule has 0 fully saturated rings. The molecule has 0 amide bonds. The van der Waals surface area contributed by atoms with Gasteiger partial charge in [0, 0.05) is 42.8 Å². The van der Waals surface area contributed by atoms with Crippen LogP contribution in [0.4, 0.5) is 0 Å². The van der Waals surface area contributed by atoms with Gasteiger partial charge in [0.15, 0.2) is 0 Å². The Morgan fingerprint density at radius 1 is 0.971 bits per heavy atom. The molecular weight excluding hydrogens is 420 g/mol. The van der Waals surface area contributed by atoms with Gasteiger partial charge in [0.25, 0.3) is 0 Å². The highest BCUT2D eigenvalue weighted by Gasteiger charge is 2.13. The topological polar surface area (TPSA) is 65.1 Å². The highest BCUT2D eigenvalue weighted by Crippen LogP contribution is 2.30. The number of rotatable bonds is 12. The van der Waals surface area contributed by atoms with E-state index in [2.05, 4.69) is 58.2 Å². The van der Waals surface area contributed by atoms with Crippen molar-refractivity contribution in [2.45, 2.75) is 39.5 Å². The van der Waals surface area contributed by atoms with Crippen LogP contribution in [0.3, 0.4) is 0 Å². The molecule has 0 radical (unpaired) electrons. The summed E-state index contributed by atoms with van der Waals surface area (Å²) in [6, 6.07) is 27.0. The number of pyridine rings is 1. The number of benzene rings is 2. The van der Waals surface area contributed by atoms with Crippen LogP contribution >= 0.6 is 0 Å². The number of aryl methyl sites for hydroxylation is 1. The van der Waals surface area contributed by atoms with Gasteiger partial charge in [-0.2, -0.15) is 0 Å². The molecule has 0 unspecified atom stereocenters. The molecule has 34 heavy (non-hydrogen) atoms. The molecule has 3 N–H and O–H groups in total. The molecule has 0 aliphatic rings. The van der Waals surface area contributed by atoms with E-state index in [1.54, 1.807) is 0 Å². The Morgan fingerprint density at radius 3 is 2.62 bits per heavy atom. The molecular formula is C29H34N4O. The first-order chi connectivity index (χ1) is 16.7. The van der Waals surface area contributed by atoms with Gasteiger partial charge in [0.05, 0.1) is 5.69 Å². The van der Waals surface area contributed by atoms with Gasteiger partial charge in [-0.05, 0) is 67.8 Å². The van der Waals surface area contributed by atoms with E-state index in [0.29, 0.717) is 13.2 Å². The first-order valence-corrected chi connectivity index (χ1v) is 12.0. The number of ether oxygens (including phenoxy) is 1. The minimum absolute atomic E-state index is 0.564. The summed E-state index contributed by atoms with van der Waals surface area (Å²) in [5.41, 5.74) is 13.2. The van der Waals surface area contributed by atoms with Crippen molar-refractivity contribution in [1.29, 1.82) is 0 Å². The van der Waals surface area contributed by atoms with E-state index in [-0.39, 0.29) is 0 Å². The molecule has 0 saturated carbocycles. The third-order valence-corrected chi connectivity index (χ3v) is 6.02. The highest BCUT2D eigenvalue weighted by molar-refractivity contribution is 5.69. The Kier molecular flexibility index (Phi) is 8.49. The Labute approximate surface area is 202 Å². The lowest BCUT2D eigenvalue weighted by atomic mass is 10.1. The number of hydrogen-bond donors (Lipinski definition) is 2. The SMILES string of the molecule is Cc1c(-c2cccc(OCc3ccccc3)c2)cc(CCCNCc2ccccn2)n1CCN. The van der Waals surface area contributed by atoms with E-state index in [1.165, 1.54) is 22.5 Å². The molecule has 2 aromatic carbocycles. The number of aromatic nitrogens is 2. The maximum atomic E-state index is 6.07. The monoisotopic (exact) mass is 454 g/mol. The van der Waals surface area contributed by atoms with Crippen molar-refractivity contribution < 1.29 is 4.74 Å². The first kappa shape index (κ1) is 23.7. The van der Waals surface area contributed by atoms with Crippen LogP contribution < -0.4 is 15.8 Å². The molecule has 0 bridgehead atoms. The van der Waals surface area contributed by atoms with Crippen molar-refractivity contribution >= 4 is 0 Å². The second-order valence-electron chi connectivity index (χ2n) is 8.48. The summed E-state index contributed by atoms with van der Waals surface area (Å²) >= 11 is 0. The first-order valence-electron chi connectivity index (χ1n) is 12.0. The zero-order chi connectivity index (χ0) is 23.6. The van der Waals surface area contributed by atoms with Gasteiger partial charge in [0.1, 0.15) is 12.4 Å².